The predicted octanol–water partition coefficient (Wildman–Crippen LogP) is 1.53. The maximum Gasteiger partial charge on any atom is 0.471 e. The summed E-state index contributed by atoms with van der Waals surface area (Å²) in [6.07, 6.45) is -5.25. The molecule has 0 unspecified atom stereocenters. The minimum atomic E-state index is -4.96. The first kappa shape index (κ1) is 15.8. The maximum absolute atomic E-state index is 11.9. The number of amides is 1. The number of ether oxygens (including phenoxy) is 1. The Bertz CT molecular complexity index is 515. The summed E-state index contributed by atoms with van der Waals surface area (Å²) in [7, 11) is 1.41. The zero-order chi connectivity index (χ0) is 15.3. The zero-order valence-electron chi connectivity index (χ0n) is 10.6. The highest BCUT2D eigenvalue weighted by molar-refractivity contribution is 6.01. The maximum atomic E-state index is 11.9. The lowest BCUT2D eigenvalue weighted by Gasteiger charge is -2.09. The van der Waals surface area contributed by atoms with Gasteiger partial charge in [0, 0.05) is 24.2 Å². The summed E-state index contributed by atoms with van der Waals surface area (Å²) in [6.45, 7) is -0.423. The molecule has 0 heterocycles. The number of nitrogens with one attached hydrogen (secondary N) is 1. The summed E-state index contributed by atoms with van der Waals surface area (Å²) in [4.78, 5) is 22.4. The van der Waals surface area contributed by atoms with Crippen molar-refractivity contribution in [2.75, 3.05) is 19.4 Å². The number of anilines is 1. The molecule has 110 valence electrons. The van der Waals surface area contributed by atoms with E-state index in [1.54, 1.807) is 11.4 Å². The van der Waals surface area contributed by atoms with Gasteiger partial charge in [-0.15, -0.1) is 0 Å². The fraction of sp³-hybridized carbons (Fsp3) is 0.333. The van der Waals surface area contributed by atoms with Crippen molar-refractivity contribution in [3.63, 3.8) is 0 Å². The average Bonchev–Trinajstić information content (AvgIpc) is 2.37. The first-order valence-corrected chi connectivity index (χ1v) is 5.57. The number of hydrogen-bond donors (Lipinski definition) is 2. The van der Waals surface area contributed by atoms with E-state index in [-0.39, 0.29) is 17.7 Å². The molecule has 0 aliphatic carbocycles. The quantitative estimate of drug-likeness (QED) is 0.636. The summed E-state index contributed by atoms with van der Waals surface area (Å²) >= 11 is 0. The van der Waals surface area contributed by atoms with Gasteiger partial charge in [-0.05, 0) is 18.2 Å². The van der Waals surface area contributed by atoms with Gasteiger partial charge in [-0.2, -0.15) is 13.2 Å². The molecule has 0 bridgehead atoms. The lowest BCUT2D eigenvalue weighted by molar-refractivity contribution is -0.173. The van der Waals surface area contributed by atoms with E-state index in [1.807, 2.05) is 0 Å². The Morgan fingerprint density at radius 1 is 1.35 bits per heavy atom. The highest BCUT2D eigenvalue weighted by Crippen LogP contribution is 2.20. The van der Waals surface area contributed by atoms with E-state index in [2.05, 4.69) is 0 Å². The largest absolute Gasteiger partial charge is 0.497 e. The molecule has 8 heteroatoms. The van der Waals surface area contributed by atoms with Gasteiger partial charge in [-0.1, -0.05) is 0 Å². The molecule has 0 radical (unpaired) electrons. The van der Waals surface area contributed by atoms with Crippen LogP contribution in [0.4, 0.5) is 18.9 Å². The van der Waals surface area contributed by atoms with Gasteiger partial charge in [-0.25, -0.2) is 0 Å². The zero-order valence-corrected chi connectivity index (χ0v) is 10.6. The second-order valence-electron chi connectivity index (χ2n) is 3.88. The predicted molar refractivity (Wildman–Crippen MR) is 65.4 cm³/mol. The number of halogens is 3. The van der Waals surface area contributed by atoms with E-state index in [0.717, 1.165) is 0 Å². The van der Waals surface area contributed by atoms with Crippen LogP contribution in [0.1, 0.15) is 16.8 Å². The van der Waals surface area contributed by atoms with Crippen LogP contribution in [0.3, 0.4) is 0 Å². The number of methoxy groups -OCH3 is 1. The Morgan fingerprint density at radius 2 is 2.00 bits per heavy atom. The van der Waals surface area contributed by atoms with Crippen LogP contribution in [0.15, 0.2) is 18.2 Å². The van der Waals surface area contributed by atoms with Crippen molar-refractivity contribution in [3.05, 3.63) is 23.8 Å². The second-order valence-corrected chi connectivity index (χ2v) is 3.88. The number of nitrogens with two attached hydrogens (primary N) is 1. The minimum Gasteiger partial charge on any atom is -0.497 e. The molecule has 0 spiro atoms. The number of rotatable bonds is 5. The van der Waals surface area contributed by atoms with Gasteiger partial charge < -0.3 is 15.8 Å². The third-order valence-corrected chi connectivity index (χ3v) is 2.46. The molecular weight excluding hydrogens is 277 g/mol. The average molecular weight is 290 g/mol. The Kier molecular flexibility index (Phi) is 4.95. The Labute approximate surface area is 112 Å². The molecule has 1 amide bonds. The van der Waals surface area contributed by atoms with Crippen LogP contribution in [0.5, 0.6) is 5.75 Å². The van der Waals surface area contributed by atoms with Crippen LogP contribution in [0.25, 0.3) is 0 Å². The number of Topliss-reactive ketones (excluding diaryl/α,β-unsaturated/α-hetero) is 1. The van der Waals surface area contributed by atoms with Gasteiger partial charge in [0.2, 0.25) is 0 Å². The van der Waals surface area contributed by atoms with Crippen molar-refractivity contribution < 1.29 is 27.5 Å². The number of ketones is 1. The van der Waals surface area contributed by atoms with Crippen molar-refractivity contribution in [3.8, 4) is 5.75 Å². The van der Waals surface area contributed by atoms with Crippen LogP contribution >= 0.6 is 0 Å². The van der Waals surface area contributed by atoms with Crippen LogP contribution in [-0.4, -0.2) is 31.5 Å². The first-order chi connectivity index (χ1) is 9.25. The molecule has 0 fully saturated rings. The molecule has 1 rings (SSSR count). The summed E-state index contributed by atoms with van der Waals surface area (Å²) in [5.74, 6) is -2.16. The van der Waals surface area contributed by atoms with Crippen molar-refractivity contribution in [1.29, 1.82) is 0 Å². The Hall–Kier alpha value is -2.25. The number of alkyl halides is 3. The Balaban J connectivity index is 2.62. The molecule has 1 aromatic carbocycles. The third kappa shape index (κ3) is 4.15. The van der Waals surface area contributed by atoms with E-state index < -0.39 is 24.4 Å². The smallest absolute Gasteiger partial charge is 0.471 e. The van der Waals surface area contributed by atoms with E-state index >= 15 is 0 Å². The molecule has 0 atom stereocenters. The van der Waals surface area contributed by atoms with E-state index in [1.165, 1.54) is 19.2 Å². The second kappa shape index (κ2) is 6.27. The van der Waals surface area contributed by atoms with Crippen molar-refractivity contribution in [2.45, 2.75) is 12.6 Å². The van der Waals surface area contributed by atoms with Crippen LogP contribution in [0, 0.1) is 0 Å². The summed E-state index contributed by atoms with van der Waals surface area (Å²) in [6, 6.07) is 4.40. The number of carbonyl (C=O) groups is 2. The summed E-state index contributed by atoms with van der Waals surface area (Å²) in [5, 5.41) is 1.61. The molecule has 0 saturated heterocycles. The first-order valence-electron chi connectivity index (χ1n) is 5.57. The molecular formula is C12H13F3N2O3. The Morgan fingerprint density at radius 3 is 2.55 bits per heavy atom. The lowest BCUT2D eigenvalue weighted by atomic mass is 10.1. The van der Waals surface area contributed by atoms with Gasteiger partial charge in [0.15, 0.2) is 5.78 Å². The molecule has 5 nitrogen and oxygen atoms in total. The highest BCUT2D eigenvalue weighted by atomic mass is 19.4. The third-order valence-electron chi connectivity index (χ3n) is 2.46. The van der Waals surface area contributed by atoms with E-state index in [0.29, 0.717) is 5.75 Å². The molecule has 0 aromatic heterocycles. The SMILES string of the molecule is COc1ccc(N)c(C(=O)CCNC(=O)C(F)(F)F)c1. The number of benzene rings is 1. The summed E-state index contributed by atoms with van der Waals surface area (Å²) < 4.78 is 40.7. The van der Waals surface area contributed by atoms with E-state index in [4.69, 9.17) is 10.5 Å². The van der Waals surface area contributed by atoms with Crippen molar-refractivity contribution in [2.24, 2.45) is 0 Å². The number of carbonyl (C=O) groups excluding carboxylic acids is 2. The molecule has 0 aliphatic heterocycles. The standard InChI is InChI=1S/C12H13F3N2O3/c1-20-7-2-3-9(16)8(6-7)10(18)4-5-17-11(19)12(13,14)15/h2-3,6H,4-5,16H2,1H3,(H,17,19). The van der Waals surface area contributed by atoms with Gasteiger partial charge in [0.1, 0.15) is 5.75 Å². The van der Waals surface area contributed by atoms with E-state index in [9.17, 15) is 22.8 Å². The fourth-order valence-corrected chi connectivity index (χ4v) is 1.43. The minimum absolute atomic E-state index is 0.144. The van der Waals surface area contributed by atoms with Crippen LogP contribution < -0.4 is 15.8 Å². The summed E-state index contributed by atoms with van der Waals surface area (Å²) in [5.41, 5.74) is 5.94. The van der Waals surface area contributed by atoms with Gasteiger partial charge in [0.05, 0.1) is 7.11 Å². The van der Waals surface area contributed by atoms with Crippen molar-refractivity contribution >= 4 is 17.4 Å². The van der Waals surface area contributed by atoms with Crippen LogP contribution in [-0.2, 0) is 4.79 Å². The number of nitrogen functional groups attached to an aromatic ring is 1. The monoisotopic (exact) mass is 290 g/mol. The molecule has 3 N–H and O–H groups in total. The molecule has 1 aromatic rings. The van der Waals surface area contributed by atoms with Gasteiger partial charge in [-0.3, -0.25) is 9.59 Å². The highest BCUT2D eigenvalue weighted by Gasteiger charge is 2.38. The number of hydrogen-bond acceptors (Lipinski definition) is 4. The van der Waals surface area contributed by atoms with Gasteiger partial charge >= 0.3 is 12.1 Å². The van der Waals surface area contributed by atoms with Crippen molar-refractivity contribution in [1.82, 2.24) is 5.32 Å². The fourth-order valence-electron chi connectivity index (χ4n) is 1.43. The topological polar surface area (TPSA) is 81.4 Å². The van der Waals surface area contributed by atoms with Crippen LogP contribution in [0.2, 0.25) is 0 Å². The molecule has 20 heavy (non-hydrogen) atoms. The molecule has 0 aliphatic rings. The van der Waals surface area contributed by atoms with Gasteiger partial charge in [0.25, 0.3) is 0 Å². The lowest BCUT2D eigenvalue weighted by Crippen LogP contribution is -2.37. The molecule has 0 saturated carbocycles. The normalized spacial score (nSPS) is 11.0.